The van der Waals surface area contributed by atoms with E-state index in [0.717, 1.165) is 16.7 Å². The number of nitrogens with one attached hydrogen (secondary N) is 2. The fraction of sp³-hybridized carbons (Fsp3) is 0.208. The lowest BCUT2D eigenvalue weighted by atomic mass is 10.1. The average molecular weight is 423 g/mol. The standard InChI is InChI=1S/C24H26N2O3S/c1-18-8-13-22(14-9-18)26-30(28,29)23-15-10-20(11-16-23)12-17-24(27)25-19(2)21-6-4-3-5-7-21/h3-11,13-16,19,26H,12,17H2,1-2H3,(H,25,27)/t19-/m0/s1. The Labute approximate surface area is 178 Å². The Hall–Kier alpha value is -3.12. The van der Waals surface area contributed by atoms with E-state index in [4.69, 9.17) is 0 Å². The normalized spacial score (nSPS) is 12.2. The van der Waals surface area contributed by atoms with Gasteiger partial charge in [0, 0.05) is 12.1 Å². The van der Waals surface area contributed by atoms with Crippen molar-refractivity contribution in [2.45, 2.75) is 37.6 Å². The van der Waals surface area contributed by atoms with Gasteiger partial charge in [-0.15, -0.1) is 0 Å². The van der Waals surface area contributed by atoms with Gasteiger partial charge in [-0.1, -0.05) is 60.2 Å². The van der Waals surface area contributed by atoms with Gasteiger partial charge in [0.15, 0.2) is 0 Å². The highest BCUT2D eigenvalue weighted by Crippen LogP contribution is 2.18. The Morgan fingerprint density at radius 1 is 0.900 bits per heavy atom. The third kappa shape index (κ3) is 5.94. The zero-order chi connectivity index (χ0) is 21.6. The number of sulfonamides is 1. The lowest BCUT2D eigenvalue weighted by Gasteiger charge is -2.14. The van der Waals surface area contributed by atoms with Gasteiger partial charge in [0.05, 0.1) is 10.9 Å². The van der Waals surface area contributed by atoms with Gasteiger partial charge < -0.3 is 5.32 Å². The van der Waals surface area contributed by atoms with Gasteiger partial charge in [-0.25, -0.2) is 8.42 Å². The summed E-state index contributed by atoms with van der Waals surface area (Å²) in [5, 5.41) is 2.99. The molecule has 1 atom stereocenters. The number of anilines is 1. The van der Waals surface area contributed by atoms with Crippen LogP contribution in [0.5, 0.6) is 0 Å². The summed E-state index contributed by atoms with van der Waals surface area (Å²) in [6.07, 6.45) is 0.879. The zero-order valence-electron chi connectivity index (χ0n) is 17.1. The number of benzene rings is 3. The first-order chi connectivity index (χ1) is 14.3. The largest absolute Gasteiger partial charge is 0.350 e. The molecule has 2 N–H and O–H groups in total. The number of hydrogen-bond acceptors (Lipinski definition) is 3. The van der Waals surface area contributed by atoms with Crippen molar-refractivity contribution < 1.29 is 13.2 Å². The lowest BCUT2D eigenvalue weighted by molar-refractivity contribution is -0.121. The van der Waals surface area contributed by atoms with E-state index >= 15 is 0 Å². The van der Waals surface area contributed by atoms with Gasteiger partial charge in [0.2, 0.25) is 5.91 Å². The smallest absolute Gasteiger partial charge is 0.261 e. The fourth-order valence-electron chi connectivity index (χ4n) is 3.07. The maximum absolute atomic E-state index is 12.5. The minimum atomic E-state index is -3.65. The van der Waals surface area contributed by atoms with Crippen LogP contribution in [0.2, 0.25) is 0 Å². The molecular weight excluding hydrogens is 396 g/mol. The first-order valence-corrected chi connectivity index (χ1v) is 11.3. The first-order valence-electron chi connectivity index (χ1n) is 9.86. The zero-order valence-corrected chi connectivity index (χ0v) is 17.9. The molecule has 0 bridgehead atoms. The van der Waals surface area contributed by atoms with E-state index in [-0.39, 0.29) is 16.8 Å². The third-order valence-electron chi connectivity index (χ3n) is 4.86. The van der Waals surface area contributed by atoms with Gasteiger partial charge in [-0.3, -0.25) is 9.52 Å². The van der Waals surface area contributed by atoms with Crippen molar-refractivity contribution in [1.82, 2.24) is 5.32 Å². The molecule has 3 rings (SSSR count). The highest BCUT2D eigenvalue weighted by atomic mass is 32.2. The van der Waals surface area contributed by atoms with Crippen molar-refractivity contribution in [2.24, 2.45) is 0 Å². The van der Waals surface area contributed by atoms with E-state index in [1.807, 2.05) is 56.3 Å². The van der Waals surface area contributed by atoms with Crippen LogP contribution < -0.4 is 10.0 Å². The van der Waals surface area contributed by atoms with Crippen molar-refractivity contribution in [2.75, 3.05) is 4.72 Å². The van der Waals surface area contributed by atoms with Crippen LogP contribution in [0.25, 0.3) is 0 Å². The Morgan fingerprint density at radius 2 is 1.53 bits per heavy atom. The number of rotatable bonds is 8. The van der Waals surface area contributed by atoms with Crippen LogP contribution in [0.4, 0.5) is 5.69 Å². The van der Waals surface area contributed by atoms with Crippen molar-refractivity contribution in [3.05, 3.63) is 95.6 Å². The maximum atomic E-state index is 12.5. The summed E-state index contributed by atoms with van der Waals surface area (Å²) < 4.78 is 27.7. The summed E-state index contributed by atoms with van der Waals surface area (Å²) in [6, 6.07) is 23.5. The average Bonchev–Trinajstić information content (AvgIpc) is 2.74. The van der Waals surface area contributed by atoms with Crippen LogP contribution in [0.1, 0.15) is 36.1 Å². The van der Waals surface area contributed by atoms with Gasteiger partial charge >= 0.3 is 0 Å². The van der Waals surface area contributed by atoms with E-state index in [1.165, 1.54) is 0 Å². The second-order valence-corrected chi connectivity index (χ2v) is 9.00. The quantitative estimate of drug-likeness (QED) is 0.557. The Morgan fingerprint density at radius 3 is 2.17 bits per heavy atom. The summed E-state index contributed by atoms with van der Waals surface area (Å²) in [7, 11) is -3.65. The van der Waals surface area contributed by atoms with Crippen molar-refractivity contribution >= 4 is 21.6 Å². The molecule has 0 saturated heterocycles. The van der Waals surface area contributed by atoms with Gasteiger partial charge in [-0.2, -0.15) is 0 Å². The summed E-state index contributed by atoms with van der Waals surface area (Å²) in [6.45, 7) is 3.90. The van der Waals surface area contributed by atoms with Crippen LogP contribution in [0.15, 0.2) is 83.8 Å². The minimum Gasteiger partial charge on any atom is -0.350 e. The molecule has 1 amide bonds. The van der Waals surface area contributed by atoms with Gasteiger partial charge in [0.1, 0.15) is 0 Å². The van der Waals surface area contributed by atoms with Gasteiger partial charge in [-0.05, 0) is 55.7 Å². The highest BCUT2D eigenvalue weighted by molar-refractivity contribution is 7.92. The minimum absolute atomic E-state index is 0.0379. The van der Waals surface area contributed by atoms with E-state index < -0.39 is 10.0 Å². The summed E-state index contributed by atoms with van der Waals surface area (Å²) >= 11 is 0. The molecule has 0 aliphatic rings. The number of amides is 1. The Kier molecular flexibility index (Phi) is 6.90. The lowest BCUT2D eigenvalue weighted by Crippen LogP contribution is -2.26. The molecule has 0 saturated carbocycles. The van der Waals surface area contributed by atoms with E-state index in [0.29, 0.717) is 18.5 Å². The van der Waals surface area contributed by atoms with Crippen LogP contribution in [-0.2, 0) is 21.2 Å². The molecule has 156 valence electrons. The van der Waals surface area contributed by atoms with E-state index in [1.54, 1.807) is 36.4 Å². The molecule has 0 heterocycles. The predicted molar refractivity (Wildman–Crippen MR) is 120 cm³/mol. The number of carbonyl (C=O) groups is 1. The molecule has 0 aliphatic heterocycles. The monoisotopic (exact) mass is 422 g/mol. The molecule has 3 aromatic carbocycles. The molecular formula is C24H26N2O3S. The van der Waals surface area contributed by atoms with Crippen LogP contribution >= 0.6 is 0 Å². The molecule has 0 radical (unpaired) electrons. The van der Waals surface area contributed by atoms with Crippen LogP contribution in [-0.4, -0.2) is 14.3 Å². The second kappa shape index (κ2) is 9.59. The molecule has 0 aliphatic carbocycles. The van der Waals surface area contributed by atoms with Crippen molar-refractivity contribution in [1.29, 1.82) is 0 Å². The van der Waals surface area contributed by atoms with Gasteiger partial charge in [0.25, 0.3) is 10.0 Å². The van der Waals surface area contributed by atoms with E-state index in [2.05, 4.69) is 10.0 Å². The molecule has 0 unspecified atom stereocenters. The summed E-state index contributed by atoms with van der Waals surface area (Å²) in [5.41, 5.74) is 3.55. The van der Waals surface area contributed by atoms with Crippen LogP contribution in [0.3, 0.4) is 0 Å². The summed E-state index contributed by atoms with van der Waals surface area (Å²) in [5.74, 6) is -0.0379. The van der Waals surface area contributed by atoms with E-state index in [9.17, 15) is 13.2 Å². The molecule has 5 nitrogen and oxygen atoms in total. The molecule has 0 aromatic heterocycles. The van der Waals surface area contributed by atoms with Crippen LogP contribution in [0, 0.1) is 6.92 Å². The first kappa shape index (κ1) is 21.6. The highest BCUT2D eigenvalue weighted by Gasteiger charge is 2.14. The predicted octanol–water partition coefficient (Wildman–Crippen LogP) is 4.61. The maximum Gasteiger partial charge on any atom is 0.261 e. The number of hydrogen-bond donors (Lipinski definition) is 2. The molecule has 3 aromatic rings. The Balaban J connectivity index is 1.55. The SMILES string of the molecule is Cc1ccc(NS(=O)(=O)c2ccc(CCC(=O)N[C@@H](C)c3ccccc3)cc2)cc1. The number of carbonyl (C=O) groups excluding carboxylic acids is 1. The third-order valence-corrected chi connectivity index (χ3v) is 6.25. The molecule has 0 fully saturated rings. The van der Waals surface area contributed by atoms with Crippen molar-refractivity contribution in [3.8, 4) is 0 Å². The topological polar surface area (TPSA) is 75.3 Å². The second-order valence-electron chi connectivity index (χ2n) is 7.32. The summed E-state index contributed by atoms with van der Waals surface area (Å²) in [4.78, 5) is 12.4. The molecule has 6 heteroatoms. The number of aryl methyl sites for hydroxylation is 2. The fourth-order valence-corrected chi connectivity index (χ4v) is 4.13. The van der Waals surface area contributed by atoms with Crippen molar-refractivity contribution in [3.63, 3.8) is 0 Å². The molecule has 0 spiro atoms. The molecule has 30 heavy (non-hydrogen) atoms. The Bertz CT molecular complexity index is 1080.